The van der Waals surface area contributed by atoms with Gasteiger partial charge in [0.15, 0.2) is 0 Å². The molecule has 86 valence electrons. The molecule has 0 amide bonds. The third-order valence-corrected chi connectivity index (χ3v) is 3.86. The van der Waals surface area contributed by atoms with Crippen LogP contribution in [0.3, 0.4) is 0 Å². The van der Waals surface area contributed by atoms with E-state index in [4.69, 9.17) is 0 Å². The van der Waals surface area contributed by atoms with Gasteiger partial charge in [-0.2, -0.15) is 0 Å². The van der Waals surface area contributed by atoms with Crippen molar-refractivity contribution in [2.75, 3.05) is 6.61 Å². The van der Waals surface area contributed by atoms with Gasteiger partial charge < -0.3 is 10.4 Å². The largest absolute Gasteiger partial charge is 0.394 e. The average molecular weight is 209 g/mol. The molecule has 1 atom stereocenters. The maximum atomic E-state index is 9.59. The van der Waals surface area contributed by atoms with E-state index >= 15 is 0 Å². The van der Waals surface area contributed by atoms with Gasteiger partial charge in [-0.15, -0.1) is 0 Å². The number of hydrogen-bond acceptors (Lipinski definition) is 2. The molecule has 0 spiro atoms. The van der Waals surface area contributed by atoms with Crippen LogP contribution in [0.15, 0.2) is 12.2 Å². The Hall–Kier alpha value is -0.340. The fourth-order valence-electron chi connectivity index (χ4n) is 2.90. The highest BCUT2D eigenvalue weighted by Gasteiger charge is 2.32. The minimum absolute atomic E-state index is 0.0323. The summed E-state index contributed by atoms with van der Waals surface area (Å²) in [6.07, 6.45) is 14.5. The molecule has 2 N–H and O–H groups in total. The summed E-state index contributed by atoms with van der Waals surface area (Å²) in [4.78, 5) is 0. The Morgan fingerprint density at radius 3 is 2.60 bits per heavy atom. The first-order valence-corrected chi connectivity index (χ1v) is 6.40. The molecule has 2 nitrogen and oxygen atoms in total. The van der Waals surface area contributed by atoms with Gasteiger partial charge in [0.1, 0.15) is 0 Å². The highest BCUT2D eigenvalue weighted by molar-refractivity contribution is 5.02. The maximum Gasteiger partial charge on any atom is 0.0613 e. The fourth-order valence-corrected chi connectivity index (χ4v) is 2.90. The van der Waals surface area contributed by atoms with Crippen molar-refractivity contribution in [1.82, 2.24) is 5.32 Å². The van der Waals surface area contributed by atoms with Gasteiger partial charge in [-0.25, -0.2) is 0 Å². The molecule has 0 heterocycles. The molecule has 1 fully saturated rings. The third-order valence-electron chi connectivity index (χ3n) is 3.86. The number of rotatable bonds is 3. The molecule has 2 rings (SSSR count). The average Bonchev–Trinajstić information content (AvgIpc) is 2.32. The standard InChI is InChI=1S/C13H23NO/c15-11-13(9-5-2-6-10-13)14-12-7-3-1-4-8-12/h3,7,12,14-15H,1-2,4-6,8-11H2. The number of nitrogens with one attached hydrogen (secondary N) is 1. The highest BCUT2D eigenvalue weighted by Crippen LogP contribution is 2.29. The van der Waals surface area contributed by atoms with Crippen molar-refractivity contribution >= 4 is 0 Å². The summed E-state index contributed by atoms with van der Waals surface area (Å²) in [6.45, 7) is 0.303. The van der Waals surface area contributed by atoms with Crippen LogP contribution in [-0.2, 0) is 0 Å². The molecule has 0 bridgehead atoms. The summed E-state index contributed by atoms with van der Waals surface area (Å²) in [5.74, 6) is 0. The van der Waals surface area contributed by atoms with Crippen LogP contribution in [0.4, 0.5) is 0 Å². The zero-order valence-corrected chi connectivity index (χ0v) is 9.54. The Bertz CT molecular complexity index is 219. The van der Waals surface area contributed by atoms with E-state index in [1.54, 1.807) is 0 Å². The van der Waals surface area contributed by atoms with E-state index in [1.165, 1.54) is 38.5 Å². The SMILES string of the molecule is OCC1(NC2C=CCCC2)CCCCC1. The maximum absolute atomic E-state index is 9.59. The van der Waals surface area contributed by atoms with Crippen molar-refractivity contribution in [1.29, 1.82) is 0 Å². The van der Waals surface area contributed by atoms with Crippen LogP contribution in [0.25, 0.3) is 0 Å². The quantitative estimate of drug-likeness (QED) is 0.699. The molecular weight excluding hydrogens is 186 g/mol. The summed E-state index contributed by atoms with van der Waals surface area (Å²) in [5.41, 5.74) is 0.0323. The molecule has 15 heavy (non-hydrogen) atoms. The van der Waals surface area contributed by atoms with E-state index in [0.29, 0.717) is 12.6 Å². The summed E-state index contributed by atoms with van der Waals surface area (Å²) < 4.78 is 0. The molecule has 0 radical (unpaired) electrons. The van der Waals surface area contributed by atoms with E-state index in [9.17, 15) is 5.11 Å². The van der Waals surface area contributed by atoms with Crippen LogP contribution in [-0.4, -0.2) is 23.3 Å². The van der Waals surface area contributed by atoms with Gasteiger partial charge in [-0.05, 0) is 32.1 Å². The van der Waals surface area contributed by atoms with Gasteiger partial charge >= 0.3 is 0 Å². The second kappa shape index (κ2) is 5.13. The van der Waals surface area contributed by atoms with E-state index in [0.717, 1.165) is 12.8 Å². The fraction of sp³-hybridized carbons (Fsp3) is 0.846. The molecule has 0 aromatic rings. The van der Waals surface area contributed by atoms with Crippen molar-refractivity contribution in [3.05, 3.63) is 12.2 Å². The van der Waals surface area contributed by atoms with Crippen LogP contribution in [0.5, 0.6) is 0 Å². The van der Waals surface area contributed by atoms with Crippen LogP contribution in [0.1, 0.15) is 51.4 Å². The zero-order valence-electron chi connectivity index (χ0n) is 9.54. The minimum Gasteiger partial charge on any atom is -0.394 e. The first kappa shape index (κ1) is 11.2. The molecule has 2 aliphatic carbocycles. The minimum atomic E-state index is 0.0323. The number of hydrogen-bond donors (Lipinski definition) is 2. The van der Waals surface area contributed by atoms with E-state index in [2.05, 4.69) is 17.5 Å². The van der Waals surface area contributed by atoms with Crippen molar-refractivity contribution in [3.8, 4) is 0 Å². The molecule has 0 aliphatic heterocycles. The van der Waals surface area contributed by atoms with Crippen LogP contribution in [0, 0.1) is 0 Å². The first-order valence-electron chi connectivity index (χ1n) is 6.40. The molecule has 0 aromatic heterocycles. The molecule has 2 heteroatoms. The van der Waals surface area contributed by atoms with Crippen molar-refractivity contribution in [2.24, 2.45) is 0 Å². The number of allylic oxidation sites excluding steroid dienone is 1. The smallest absolute Gasteiger partial charge is 0.0613 e. The first-order chi connectivity index (χ1) is 7.35. The Balaban J connectivity index is 1.93. The van der Waals surface area contributed by atoms with E-state index in [-0.39, 0.29) is 5.54 Å². The second-order valence-corrected chi connectivity index (χ2v) is 5.11. The summed E-state index contributed by atoms with van der Waals surface area (Å²) in [5, 5.41) is 13.3. The van der Waals surface area contributed by atoms with Crippen LogP contribution >= 0.6 is 0 Å². The number of aliphatic hydroxyl groups is 1. The van der Waals surface area contributed by atoms with Crippen LogP contribution in [0.2, 0.25) is 0 Å². The zero-order chi connectivity index (χ0) is 10.6. The van der Waals surface area contributed by atoms with Gasteiger partial charge in [-0.1, -0.05) is 31.4 Å². The normalized spacial score (nSPS) is 30.3. The third kappa shape index (κ3) is 2.82. The Kier molecular flexibility index (Phi) is 3.81. The predicted molar refractivity (Wildman–Crippen MR) is 62.8 cm³/mol. The van der Waals surface area contributed by atoms with Gasteiger partial charge in [0.2, 0.25) is 0 Å². The monoisotopic (exact) mass is 209 g/mol. The van der Waals surface area contributed by atoms with Gasteiger partial charge in [-0.3, -0.25) is 0 Å². The Morgan fingerprint density at radius 2 is 2.00 bits per heavy atom. The predicted octanol–water partition coefficient (Wildman–Crippen LogP) is 2.38. The van der Waals surface area contributed by atoms with Gasteiger partial charge in [0, 0.05) is 11.6 Å². The molecular formula is C13H23NO. The van der Waals surface area contributed by atoms with E-state index < -0.39 is 0 Å². The van der Waals surface area contributed by atoms with Gasteiger partial charge in [0.05, 0.1) is 6.61 Å². The molecule has 0 aromatic carbocycles. The van der Waals surface area contributed by atoms with Crippen molar-refractivity contribution in [2.45, 2.75) is 62.9 Å². The lowest BCUT2D eigenvalue weighted by Gasteiger charge is -2.39. The molecule has 2 aliphatic rings. The lowest BCUT2D eigenvalue weighted by Crippen LogP contribution is -2.53. The van der Waals surface area contributed by atoms with Crippen molar-refractivity contribution < 1.29 is 5.11 Å². The summed E-state index contributed by atoms with van der Waals surface area (Å²) >= 11 is 0. The van der Waals surface area contributed by atoms with Crippen molar-refractivity contribution in [3.63, 3.8) is 0 Å². The van der Waals surface area contributed by atoms with Crippen LogP contribution < -0.4 is 5.32 Å². The molecule has 0 saturated heterocycles. The molecule has 1 unspecified atom stereocenters. The number of aliphatic hydroxyl groups excluding tert-OH is 1. The second-order valence-electron chi connectivity index (χ2n) is 5.11. The molecule has 1 saturated carbocycles. The van der Waals surface area contributed by atoms with Gasteiger partial charge in [0.25, 0.3) is 0 Å². The summed E-state index contributed by atoms with van der Waals surface area (Å²) in [7, 11) is 0. The lowest BCUT2D eigenvalue weighted by molar-refractivity contribution is 0.112. The summed E-state index contributed by atoms with van der Waals surface area (Å²) in [6, 6.07) is 0.504. The Labute approximate surface area is 92.8 Å². The lowest BCUT2D eigenvalue weighted by atomic mass is 9.81. The topological polar surface area (TPSA) is 32.3 Å². The Morgan fingerprint density at radius 1 is 1.20 bits per heavy atom. The van der Waals surface area contributed by atoms with E-state index in [1.807, 2.05) is 0 Å². The highest BCUT2D eigenvalue weighted by atomic mass is 16.3.